The molecule has 19 heavy (non-hydrogen) atoms. The van der Waals surface area contributed by atoms with Crippen molar-refractivity contribution in [3.05, 3.63) is 0 Å². The van der Waals surface area contributed by atoms with Gasteiger partial charge in [0.1, 0.15) is 0 Å². The Hall–Kier alpha value is -1.15. The van der Waals surface area contributed by atoms with E-state index in [-0.39, 0.29) is 12.0 Å². The van der Waals surface area contributed by atoms with Crippen molar-refractivity contribution in [3.63, 3.8) is 0 Å². The second-order valence-electron chi connectivity index (χ2n) is 4.63. The normalized spacial score (nSPS) is 16.3. The molecule has 1 fully saturated rings. The lowest BCUT2D eigenvalue weighted by atomic mass is 10.2. The van der Waals surface area contributed by atoms with Crippen molar-refractivity contribution in [2.45, 2.75) is 49.9 Å². The predicted molar refractivity (Wildman–Crippen MR) is 70.7 cm³/mol. The maximum Gasteiger partial charge on any atom is 0.230 e. The van der Waals surface area contributed by atoms with Gasteiger partial charge >= 0.3 is 0 Å². The SMILES string of the molecule is CCC(O)CCNC(=O)CSc1nnnn1C1CC1. The maximum absolute atomic E-state index is 11.6. The van der Waals surface area contributed by atoms with E-state index in [4.69, 9.17) is 0 Å². The van der Waals surface area contributed by atoms with Gasteiger partial charge in [-0.3, -0.25) is 4.79 Å². The van der Waals surface area contributed by atoms with Crippen LogP contribution in [-0.4, -0.2) is 49.6 Å². The lowest BCUT2D eigenvalue weighted by Crippen LogP contribution is -2.28. The first-order chi connectivity index (χ1) is 9.20. The van der Waals surface area contributed by atoms with E-state index in [0.29, 0.717) is 36.3 Å². The number of tetrazole rings is 1. The molecule has 2 N–H and O–H groups in total. The zero-order chi connectivity index (χ0) is 13.7. The molecule has 1 aromatic heterocycles. The van der Waals surface area contributed by atoms with Crippen LogP contribution in [-0.2, 0) is 4.79 Å². The Morgan fingerprint density at radius 1 is 1.63 bits per heavy atom. The molecular formula is C11H19N5O2S. The molecule has 1 heterocycles. The lowest BCUT2D eigenvalue weighted by molar-refractivity contribution is -0.118. The third-order valence-electron chi connectivity index (χ3n) is 2.96. The Labute approximate surface area is 116 Å². The van der Waals surface area contributed by atoms with Gasteiger partial charge in [0.25, 0.3) is 0 Å². The van der Waals surface area contributed by atoms with E-state index in [1.54, 1.807) is 4.68 Å². The van der Waals surface area contributed by atoms with E-state index in [0.717, 1.165) is 12.8 Å². The van der Waals surface area contributed by atoms with Crippen molar-refractivity contribution in [1.82, 2.24) is 25.5 Å². The van der Waals surface area contributed by atoms with Gasteiger partial charge in [0.05, 0.1) is 17.9 Å². The number of aliphatic hydroxyl groups is 1. The van der Waals surface area contributed by atoms with E-state index in [9.17, 15) is 9.90 Å². The quantitative estimate of drug-likeness (QED) is 0.671. The molecular weight excluding hydrogens is 266 g/mol. The van der Waals surface area contributed by atoms with E-state index in [2.05, 4.69) is 20.8 Å². The van der Waals surface area contributed by atoms with Gasteiger partial charge in [-0.05, 0) is 36.1 Å². The summed E-state index contributed by atoms with van der Waals surface area (Å²) < 4.78 is 1.79. The van der Waals surface area contributed by atoms with Crippen LogP contribution in [0, 0.1) is 0 Å². The summed E-state index contributed by atoms with van der Waals surface area (Å²) in [6.07, 6.45) is 3.18. The number of nitrogens with zero attached hydrogens (tertiary/aromatic N) is 4. The molecule has 8 heteroatoms. The van der Waals surface area contributed by atoms with Crippen LogP contribution >= 0.6 is 11.8 Å². The van der Waals surface area contributed by atoms with Gasteiger partial charge in [-0.2, -0.15) is 0 Å². The molecule has 2 rings (SSSR count). The van der Waals surface area contributed by atoms with E-state index in [1.807, 2.05) is 6.92 Å². The topological polar surface area (TPSA) is 92.9 Å². The van der Waals surface area contributed by atoms with Gasteiger partial charge in [-0.25, -0.2) is 4.68 Å². The minimum atomic E-state index is -0.338. The first-order valence-electron chi connectivity index (χ1n) is 6.56. The molecule has 106 valence electrons. The minimum Gasteiger partial charge on any atom is -0.393 e. The van der Waals surface area contributed by atoms with Gasteiger partial charge in [0, 0.05) is 6.54 Å². The molecule has 1 amide bonds. The molecule has 0 aromatic carbocycles. The fourth-order valence-corrected chi connectivity index (χ4v) is 2.37. The molecule has 7 nitrogen and oxygen atoms in total. The molecule has 1 saturated carbocycles. The molecule has 1 aromatic rings. The first kappa shape index (κ1) is 14.3. The highest BCUT2D eigenvalue weighted by atomic mass is 32.2. The van der Waals surface area contributed by atoms with Crippen molar-refractivity contribution in [2.75, 3.05) is 12.3 Å². The van der Waals surface area contributed by atoms with Crippen LogP contribution in [0.25, 0.3) is 0 Å². The van der Waals surface area contributed by atoms with Gasteiger partial charge in [0.2, 0.25) is 11.1 Å². The average molecular weight is 285 g/mol. The van der Waals surface area contributed by atoms with Crippen LogP contribution in [0.2, 0.25) is 0 Å². The van der Waals surface area contributed by atoms with Crippen molar-refractivity contribution in [3.8, 4) is 0 Å². The van der Waals surface area contributed by atoms with Crippen LogP contribution in [0.5, 0.6) is 0 Å². The van der Waals surface area contributed by atoms with Gasteiger partial charge < -0.3 is 10.4 Å². The van der Waals surface area contributed by atoms with Crippen LogP contribution in [0.15, 0.2) is 5.16 Å². The summed E-state index contributed by atoms with van der Waals surface area (Å²) in [5.41, 5.74) is 0. The van der Waals surface area contributed by atoms with Gasteiger partial charge in [-0.15, -0.1) is 5.10 Å². The highest BCUT2D eigenvalue weighted by molar-refractivity contribution is 7.99. The number of carbonyl (C=O) groups is 1. The fourth-order valence-electron chi connectivity index (χ4n) is 1.59. The first-order valence-corrected chi connectivity index (χ1v) is 7.54. The van der Waals surface area contributed by atoms with Crippen molar-refractivity contribution >= 4 is 17.7 Å². The Morgan fingerprint density at radius 2 is 2.42 bits per heavy atom. The molecule has 1 unspecified atom stereocenters. The zero-order valence-corrected chi connectivity index (χ0v) is 11.8. The molecule has 0 bridgehead atoms. The monoisotopic (exact) mass is 285 g/mol. The van der Waals surface area contributed by atoms with E-state index >= 15 is 0 Å². The smallest absolute Gasteiger partial charge is 0.230 e. The summed E-state index contributed by atoms with van der Waals surface area (Å²) in [7, 11) is 0. The number of thioether (sulfide) groups is 1. The summed E-state index contributed by atoms with van der Waals surface area (Å²) in [6, 6.07) is 0.417. The van der Waals surface area contributed by atoms with Crippen LogP contribution in [0.3, 0.4) is 0 Å². The molecule has 1 aliphatic carbocycles. The second-order valence-corrected chi connectivity index (χ2v) is 5.57. The van der Waals surface area contributed by atoms with Crippen LogP contribution in [0.1, 0.15) is 38.6 Å². The number of amides is 1. The molecule has 0 saturated heterocycles. The Kier molecular flexibility index (Phi) is 5.15. The predicted octanol–water partition coefficient (Wildman–Crippen LogP) is 0.377. The summed E-state index contributed by atoms with van der Waals surface area (Å²) in [5.74, 6) is 0.244. The fraction of sp³-hybridized carbons (Fsp3) is 0.818. The number of hydrogen-bond donors (Lipinski definition) is 2. The van der Waals surface area contributed by atoms with Crippen LogP contribution in [0.4, 0.5) is 0 Å². The molecule has 0 spiro atoms. The molecule has 0 aliphatic heterocycles. The summed E-state index contributed by atoms with van der Waals surface area (Å²) in [5, 5.41) is 24.3. The highest BCUT2D eigenvalue weighted by Gasteiger charge is 2.28. The summed E-state index contributed by atoms with van der Waals surface area (Å²) in [4.78, 5) is 11.6. The molecule has 0 radical (unpaired) electrons. The lowest BCUT2D eigenvalue weighted by Gasteiger charge is -2.08. The van der Waals surface area contributed by atoms with Gasteiger partial charge in [0.15, 0.2) is 0 Å². The van der Waals surface area contributed by atoms with Crippen LogP contribution < -0.4 is 5.32 Å². The summed E-state index contributed by atoms with van der Waals surface area (Å²) >= 11 is 1.35. The number of nitrogens with one attached hydrogen (secondary N) is 1. The third kappa shape index (κ3) is 4.46. The largest absolute Gasteiger partial charge is 0.393 e. The second kappa shape index (κ2) is 6.85. The third-order valence-corrected chi connectivity index (χ3v) is 3.89. The standard InChI is InChI=1S/C11H19N5O2S/c1-2-9(17)5-6-12-10(18)7-19-11-13-14-15-16(11)8-3-4-8/h8-9,17H,2-7H2,1H3,(H,12,18). The van der Waals surface area contributed by atoms with Gasteiger partial charge in [-0.1, -0.05) is 18.7 Å². The number of hydrogen-bond acceptors (Lipinski definition) is 6. The van der Waals surface area contributed by atoms with E-state index in [1.165, 1.54) is 11.8 Å². The van der Waals surface area contributed by atoms with Crippen molar-refractivity contribution in [2.24, 2.45) is 0 Å². The Bertz CT molecular complexity index is 421. The number of rotatable bonds is 8. The Balaban J connectivity index is 1.67. The molecule has 1 atom stereocenters. The van der Waals surface area contributed by atoms with E-state index < -0.39 is 0 Å². The van der Waals surface area contributed by atoms with Crippen molar-refractivity contribution in [1.29, 1.82) is 0 Å². The number of carbonyl (C=O) groups excluding carboxylic acids is 1. The number of aliphatic hydroxyl groups excluding tert-OH is 1. The zero-order valence-electron chi connectivity index (χ0n) is 10.9. The Morgan fingerprint density at radius 3 is 3.11 bits per heavy atom. The number of aromatic nitrogens is 4. The van der Waals surface area contributed by atoms with Crippen molar-refractivity contribution < 1.29 is 9.90 Å². The average Bonchev–Trinajstić information content (AvgIpc) is 3.15. The maximum atomic E-state index is 11.6. The summed E-state index contributed by atoms with van der Waals surface area (Å²) in [6.45, 7) is 2.42. The minimum absolute atomic E-state index is 0.0568. The molecule has 1 aliphatic rings. The highest BCUT2D eigenvalue weighted by Crippen LogP contribution is 2.36.